The molecule has 10 heteroatoms. The topological polar surface area (TPSA) is 134 Å². The Morgan fingerprint density at radius 3 is 1.31 bits per heavy atom. The van der Waals surface area contributed by atoms with Crippen LogP contribution < -0.4 is 5.73 Å². The molecule has 0 amide bonds. The third-order valence-electron chi connectivity index (χ3n) is 9.56. The van der Waals surface area contributed by atoms with Gasteiger partial charge in [0, 0.05) is 19.4 Å². The summed E-state index contributed by atoms with van der Waals surface area (Å²) in [5.41, 5.74) is 5.35. The third-order valence-corrected chi connectivity index (χ3v) is 10.5. The van der Waals surface area contributed by atoms with Crippen molar-refractivity contribution in [1.29, 1.82) is 0 Å². The minimum absolute atomic E-state index is 0.0526. The Morgan fingerprint density at radius 2 is 0.907 bits per heavy atom. The SMILES string of the molecule is CCCCCCCC/C=C\CCCCCCCCCC(=O)OC(COC(=O)CCCCCCC/C=C\CCCCCCCCC)COP(=O)(O)OCCN. The highest BCUT2D eigenvalue weighted by Crippen LogP contribution is 2.43. The van der Waals surface area contributed by atoms with Crippen LogP contribution in [0.2, 0.25) is 0 Å². The van der Waals surface area contributed by atoms with Crippen LogP contribution in [0.25, 0.3) is 0 Å². The van der Waals surface area contributed by atoms with Crippen molar-refractivity contribution >= 4 is 19.8 Å². The van der Waals surface area contributed by atoms with Crippen molar-refractivity contribution in [2.75, 3.05) is 26.4 Å². The number of phosphoric ester groups is 1. The first kappa shape index (κ1) is 52.5. The van der Waals surface area contributed by atoms with E-state index in [9.17, 15) is 19.0 Å². The number of allylic oxidation sites excluding steroid dienone is 4. The van der Waals surface area contributed by atoms with Crippen LogP contribution in [0.15, 0.2) is 24.3 Å². The molecule has 0 aromatic rings. The summed E-state index contributed by atoms with van der Waals surface area (Å²) in [6, 6.07) is 0. The van der Waals surface area contributed by atoms with Crippen LogP contribution in [0.5, 0.6) is 0 Å². The van der Waals surface area contributed by atoms with Crippen LogP contribution in [0.4, 0.5) is 0 Å². The van der Waals surface area contributed by atoms with Gasteiger partial charge in [-0.05, 0) is 64.2 Å². The molecule has 0 aliphatic carbocycles. The molecule has 9 nitrogen and oxygen atoms in total. The number of esters is 2. The second-order valence-electron chi connectivity index (χ2n) is 14.9. The third kappa shape index (κ3) is 40.2. The summed E-state index contributed by atoms with van der Waals surface area (Å²) in [6.45, 7) is 3.73. The molecule has 0 bridgehead atoms. The predicted molar refractivity (Wildman–Crippen MR) is 224 cm³/mol. The Morgan fingerprint density at radius 1 is 0.537 bits per heavy atom. The molecule has 0 spiro atoms. The lowest BCUT2D eigenvalue weighted by Gasteiger charge is -2.19. The number of carbonyl (C=O) groups is 2. The lowest BCUT2D eigenvalue weighted by atomic mass is 10.1. The van der Waals surface area contributed by atoms with Crippen LogP contribution in [0, 0.1) is 0 Å². The van der Waals surface area contributed by atoms with Gasteiger partial charge in [0.2, 0.25) is 0 Å². The average Bonchev–Trinajstić information content (AvgIpc) is 3.16. The number of unbranched alkanes of at least 4 members (excludes halogenated alkanes) is 25. The van der Waals surface area contributed by atoms with Gasteiger partial charge in [0.25, 0.3) is 0 Å². The molecule has 2 unspecified atom stereocenters. The van der Waals surface area contributed by atoms with Crippen molar-refractivity contribution in [3.8, 4) is 0 Å². The quantitative estimate of drug-likeness (QED) is 0.0268. The number of hydrogen-bond donors (Lipinski definition) is 2. The monoisotopic (exact) mass is 786 g/mol. The number of nitrogens with two attached hydrogens (primary N) is 1. The second kappa shape index (κ2) is 41.1. The maximum absolute atomic E-state index is 12.6. The average molecular weight is 786 g/mol. The minimum atomic E-state index is -4.38. The number of phosphoric acid groups is 1. The van der Waals surface area contributed by atoms with Crippen molar-refractivity contribution in [2.24, 2.45) is 5.73 Å². The fraction of sp³-hybridized carbons (Fsp3) is 0.864. The van der Waals surface area contributed by atoms with Crippen LogP contribution in [-0.4, -0.2) is 49.3 Å². The summed E-state index contributed by atoms with van der Waals surface area (Å²) in [7, 11) is -4.38. The van der Waals surface area contributed by atoms with E-state index < -0.39 is 26.5 Å². The fourth-order valence-electron chi connectivity index (χ4n) is 6.21. The van der Waals surface area contributed by atoms with Crippen LogP contribution in [0.3, 0.4) is 0 Å². The molecule has 0 rings (SSSR count). The van der Waals surface area contributed by atoms with Gasteiger partial charge in [0.15, 0.2) is 6.10 Å². The molecular formula is C44H84NO8P. The van der Waals surface area contributed by atoms with Crippen LogP contribution in [-0.2, 0) is 32.7 Å². The maximum atomic E-state index is 12.6. The number of rotatable bonds is 42. The van der Waals surface area contributed by atoms with E-state index in [2.05, 4.69) is 38.2 Å². The van der Waals surface area contributed by atoms with E-state index in [1.54, 1.807) is 0 Å². The zero-order valence-electron chi connectivity index (χ0n) is 35.0. The molecule has 0 aliphatic rings. The zero-order chi connectivity index (χ0) is 39.6. The van der Waals surface area contributed by atoms with Crippen LogP contribution in [0.1, 0.15) is 213 Å². The van der Waals surface area contributed by atoms with Crippen molar-refractivity contribution in [1.82, 2.24) is 0 Å². The number of carbonyl (C=O) groups excluding carboxylic acids is 2. The first-order valence-electron chi connectivity index (χ1n) is 22.3. The lowest BCUT2D eigenvalue weighted by Crippen LogP contribution is -2.29. The molecular weight excluding hydrogens is 701 g/mol. The Kier molecular flexibility index (Phi) is 40.0. The molecule has 318 valence electrons. The van der Waals surface area contributed by atoms with Crippen molar-refractivity contribution in [3.05, 3.63) is 24.3 Å². The summed E-state index contributed by atoms with van der Waals surface area (Å²) in [6.07, 6.45) is 43.4. The minimum Gasteiger partial charge on any atom is -0.462 e. The first-order valence-corrected chi connectivity index (χ1v) is 23.8. The summed E-state index contributed by atoms with van der Waals surface area (Å²) in [5.74, 6) is -0.837. The van der Waals surface area contributed by atoms with Crippen molar-refractivity contribution < 1.29 is 37.6 Å². The van der Waals surface area contributed by atoms with E-state index in [1.807, 2.05) is 0 Å². The van der Waals surface area contributed by atoms with Gasteiger partial charge in [-0.25, -0.2) is 4.57 Å². The molecule has 0 fully saturated rings. The second-order valence-corrected chi connectivity index (χ2v) is 16.4. The lowest BCUT2D eigenvalue weighted by molar-refractivity contribution is -0.161. The largest absolute Gasteiger partial charge is 0.472 e. The number of ether oxygens (including phenoxy) is 2. The summed E-state index contributed by atoms with van der Waals surface area (Å²) in [5, 5.41) is 0. The highest BCUT2D eigenvalue weighted by atomic mass is 31.2. The van der Waals surface area contributed by atoms with Gasteiger partial charge in [-0.3, -0.25) is 18.6 Å². The Bertz CT molecular complexity index is 944. The molecule has 0 aromatic carbocycles. The van der Waals surface area contributed by atoms with Crippen molar-refractivity contribution in [2.45, 2.75) is 219 Å². The standard InChI is InChI=1S/C44H84NO8P/c1-3-5-7-9-11-13-15-17-19-21-23-25-27-29-31-33-35-37-44(47)53-42(41-52-54(48,49)51-39-38-45)40-50-43(46)36-34-32-30-28-26-24-22-20-18-16-14-12-10-8-6-4-2/h17,19-20,22,42H,3-16,18,21,23-41,45H2,1-2H3,(H,48,49)/b19-17-,22-20-. The molecule has 0 saturated carbocycles. The van der Waals surface area contributed by atoms with E-state index in [-0.39, 0.29) is 38.6 Å². The van der Waals surface area contributed by atoms with Gasteiger partial charge in [0.1, 0.15) is 6.61 Å². The van der Waals surface area contributed by atoms with Crippen LogP contribution >= 0.6 is 7.82 Å². The summed E-state index contributed by atoms with van der Waals surface area (Å²) >= 11 is 0. The van der Waals surface area contributed by atoms with E-state index in [4.69, 9.17) is 24.3 Å². The van der Waals surface area contributed by atoms with E-state index in [1.165, 1.54) is 116 Å². The predicted octanol–water partition coefficient (Wildman–Crippen LogP) is 12.8. The molecule has 0 aromatic heterocycles. The Labute approximate surface area is 332 Å². The van der Waals surface area contributed by atoms with Gasteiger partial charge in [0.05, 0.1) is 13.2 Å². The number of hydrogen-bond acceptors (Lipinski definition) is 8. The molecule has 0 radical (unpaired) electrons. The van der Waals surface area contributed by atoms with Gasteiger partial charge < -0.3 is 20.1 Å². The van der Waals surface area contributed by atoms with Crippen molar-refractivity contribution in [3.63, 3.8) is 0 Å². The van der Waals surface area contributed by atoms with E-state index >= 15 is 0 Å². The van der Waals surface area contributed by atoms with Gasteiger partial charge in [-0.15, -0.1) is 0 Å². The smallest absolute Gasteiger partial charge is 0.462 e. The highest BCUT2D eigenvalue weighted by molar-refractivity contribution is 7.47. The zero-order valence-corrected chi connectivity index (χ0v) is 35.9. The summed E-state index contributed by atoms with van der Waals surface area (Å²) in [4.78, 5) is 34.9. The van der Waals surface area contributed by atoms with Gasteiger partial charge in [-0.1, -0.05) is 160 Å². The molecule has 0 heterocycles. The molecule has 3 N–H and O–H groups in total. The van der Waals surface area contributed by atoms with E-state index in [0.717, 1.165) is 64.2 Å². The maximum Gasteiger partial charge on any atom is 0.472 e. The highest BCUT2D eigenvalue weighted by Gasteiger charge is 2.26. The molecule has 0 saturated heterocycles. The summed E-state index contributed by atoms with van der Waals surface area (Å²) < 4.78 is 32.8. The molecule has 2 atom stereocenters. The first-order chi connectivity index (χ1) is 26.3. The molecule has 0 aliphatic heterocycles. The molecule has 54 heavy (non-hydrogen) atoms. The fourth-order valence-corrected chi connectivity index (χ4v) is 6.98. The Balaban J connectivity index is 4.14. The van der Waals surface area contributed by atoms with Gasteiger partial charge >= 0.3 is 19.8 Å². The van der Waals surface area contributed by atoms with E-state index in [0.29, 0.717) is 6.42 Å². The normalized spacial score (nSPS) is 13.5. The van der Waals surface area contributed by atoms with Gasteiger partial charge in [-0.2, -0.15) is 0 Å². The Hall–Kier alpha value is -1.51.